The van der Waals surface area contributed by atoms with Crippen LogP contribution >= 0.6 is 0 Å². The standard InChI is InChI=1S/C19H27NO/c1-3-5-6-14-7-10-17-16(12-14)19(15-8-9-15)18(21-17)13-20-11-4-2/h7,10,12,15,20H,3-6,8-9,11,13H2,1-2H3. The highest BCUT2D eigenvalue weighted by molar-refractivity contribution is 5.84. The molecule has 0 bridgehead atoms. The normalized spacial score (nSPS) is 15.0. The Kier molecular flexibility index (Phi) is 4.64. The summed E-state index contributed by atoms with van der Waals surface area (Å²) in [4.78, 5) is 0. The molecule has 3 rings (SSSR count). The summed E-state index contributed by atoms with van der Waals surface area (Å²) in [6.45, 7) is 6.39. The number of hydrogen-bond acceptors (Lipinski definition) is 2. The molecule has 1 fully saturated rings. The summed E-state index contributed by atoms with van der Waals surface area (Å²) < 4.78 is 6.14. The Morgan fingerprint density at radius 2 is 2.05 bits per heavy atom. The second-order valence-corrected chi connectivity index (χ2v) is 6.32. The van der Waals surface area contributed by atoms with Crippen LogP contribution in [0.25, 0.3) is 11.0 Å². The monoisotopic (exact) mass is 285 g/mol. The number of benzene rings is 1. The van der Waals surface area contributed by atoms with Gasteiger partial charge in [-0.1, -0.05) is 26.3 Å². The van der Waals surface area contributed by atoms with Crippen LogP contribution in [0.5, 0.6) is 0 Å². The predicted molar refractivity (Wildman–Crippen MR) is 88.8 cm³/mol. The first-order valence-corrected chi connectivity index (χ1v) is 8.58. The van der Waals surface area contributed by atoms with E-state index in [-0.39, 0.29) is 0 Å². The molecule has 0 amide bonds. The highest BCUT2D eigenvalue weighted by Crippen LogP contribution is 2.46. The van der Waals surface area contributed by atoms with Gasteiger partial charge >= 0.3 is 0 Å². The molecule has 2 aromatic rings. The topological polar surface area (TPSA) is 25.2 Å². The molecule has 1 saturated carbocycles. The van der Waals surface area contributed by atoms with Crippen LogP contribution in [0.15, 0.2) is 22.6 Å². The molecule has 114 valence electrons. The zero-order chi connectivity index (χ0) is 14.7. The predicted octanol–water partition coefficient (Wildman–Crippen LogP) is 5.15. The lowest BCUT2D eigenvalue weighted by molar-refractivity contribution is 0.507. The summed E-state index contributed by atoms with van der Waals surface area (Å²) in [5.41, 5.74) is 4.03. The summed E-state index contributed by atoms with van der Waals surface area (Å²) in [5, 5.41) is 4.86. The van der Waals surface area contributed by atoms with Gasteiger partial charge in [0, 0.05) is 10.9 Å². The summed E-state index contributed by atoms with van der Waals surface area (Å²) >= 11 is 0. The van der Waals surface area contributed by atoms with E-state index in [0.717, 1.165) is 24.6 Å². The molecule has 1 aromatic carbocycles. The van der Waals surface area contributed by atoms with E-state index in [4.69, 9.17) is 4.42 Å². The van der Waals surface area contributed by atoms with Gasteiger partial charge < -0.3 is 9.73 Å². The number of unbranched alkanes of at least 4 members (excludes halogenated alkanes) is 1. The fraction of sp³-hybridized carbons (Fsp3) is 0.579. The van der Waals surface area contributed by atoms with E-state index < -0.39 is 0 Å². The molecule has 0 unspecified atom stereocenters. The number of furan rings is 1. The SMILES string of the molecule is CCCCc1ccc2oc(CNCCC)c(C3CC3)c2c1. The minimum Gasteiger partial charge on any atom is -0.459 e. The molecular weight excluding hydrogens is 258 g/mol. The Hall–Kier alpha value is -1.28. The molecule has 0 aliphatic heterocycles. The van der Waals surface area contributed by atoms with Crippen LogP contribution in [0, 0.1) is 0 Å². The lowest BCUT2D eigenvalue weighted by Gasteiger charge is -2.03. The second-order valence-electron chi connectivity index (χ2n) is 6.32. The molecule has 2 heteroatoms. The van der Waals surface area contributed by atoms with Gasteiger partial charge in [-0.15, -0.1) is 0 Å². The van der Waals surface area contributed by atoms with E-state index in [2.05, 4.69) is 37.4 Å². The third-order valence-electron chi connectivity index (χ3n) is 4.38. The first kappa shape index (κ1) is 14.6. The van der Waals surface area contributed by atoms with Crippen molar-refractivity contribution in [3.8, 4) is 0 Å². The number of fused-ring (bicyclic) bond motifs is 1. The maximum Gasteiger partial charge on any atom is 0.134 e. The van der Waals surface area contributed by atoms with Gasteiger partial charge in [-0.2, -0.15) is 0 Å². The highest BCUT2D eigenvalue weighted by Gasteiger charge is 2.30. The molecule has 1 aromatic heterocycles. The van der Waals surface area contributed by atoms with Gasteiger partial charge in [0.25, 0.3) is 0 Å². The number of nitrogens with one attached hydrogen (secondary N) is 1. The van der Waals surface area contributed by atoms with Crippen molar-refractivity contribution in [2.45, 2.75) is 64.8 Å². The lowest BCUT2D eigenvalue weighted by atomic mass is 10.0. The van der Waals surface area contributed by atoms with E-state index in [1.807, 2.05) is 0 Å². The summed E-state index contributed by atoms with van der Waals surface area (Å²) in [7, 11) is 0. The van der Waals surface area contributed by atoms with E-state index in [9.17, 15) is 0 Å². The van der Waals surface area contributed by atoms with Crippen molar-refractivity contribution < 1.29 is 4.42 Å². The van der Waals surface area contributed by atoms with Gasteiger partial charge in [0.05, 0.1) is 6.54 Å². The maximum atomic E-state index is 6.14. The Bertz CT molecular complexity index is 595. The van der Waals surface area contributed by atoms with Gasteiger partial charge in [-0.05, 0) is 62.3 Å². The minimum atomic E-state index is 0.742. The number of aryl methyl sites for hydroxylation is 1. The zero-order valence-electron chi connectivity index (χ0n) is 13.4. The number of hydrogen-bond donors (Lipinski definition) is 1. The molecule has 1 aliphatic rings. The fourth-order valence-electron chi connectivity index (χ4n) is 3.08. The largest absolute Gasteiger partial charge is 0.459 e. The Morgan fingerprint density at radius 1 is 1.19 bits per heavy atom. The molecular formula is C19H27NO. The molecule has 1 heterocycles. The van der Waals surface area contributed by atoms with Crippen LogP contribution in [0.4, 0.5) is 0 Å². The van der Waals surface area contributed by atoms with Crippen LogP contribution in [0.2, 0.25) is 0 Å². The molecule has 1 N–H and O–H groups in total. The van der Waals surface area contributed by atoms with E-state index in [1.54, 1.807) is 0 Å². The highest BCUT2D eigenvalue weighted by atomic mass is 16.3. The minimum absolute atomic E-state index is 0.742. The second kappa shape index (κ2) is 6.65. The molecule has 2 nitrogen and oxygen atoms in total. The third kappa shape index (κ3) is 3.32. The van der Waals surface area contributed by atoms with E-state index in [0.29, 0.717) is 0 Å². The van der Waals surface area contributed by atoms with Gasteiger partial charge in [0.15, 0.2) is 0 Å². The molecule has 1 aliphatic carbocycles. The first-order valence-electron chi connectivity index (χ1n) is 8.58. The molecule has 21 heavy (non-hydrogen) atoms. The van der Waals surface area contributed by atoms with Crippen molar-refractivity contribution >= 4 is 11.0 Å². The van der Waals surface area contributed by atoms with Gasteiger partial charge in [0.1, 0.15) is 11.3 Å². The lowest BCUT2D eigenvalue weighted by Crippen LogP contribution is -2.14. The molecule has 0 saturated heterocycles. The van der Waals surface area contributed by atoms with Crippen LogP contribution in [0.1, 0.15) is 68.8 Å². The zero-order valence-corrected chi connectivity index (χ0v) is 13.4. The summed E-state index contributed by atoms with van der Waals surface area (Å²) in [5.74, 6) is 1.92. The van der Waals surface area contributed by atoms with Crippen LogP contribution in [-0.4, -0.2) is 6.54 Å². The van der Waals surface area contributed by atoms with Crippen molar-refractivity contribution in [2.24, 2.45) is 0 Å². The molecule has 0 atom stereocenters. The molecule has 0 radical (unpaired) electrons. The van der Waals surface area contributed by atoms with Gasteiger partial charge in [0.2, 0.25) is 0 Å². The fourth-order valence-corrected chi connectivity index (χ4v) is 3.08. The van der Waals surface area contributed by atoms with Gasteiger partial charge in [-0.3, -0.25) is 0 Å². The summed E-state index contributed by atoms with van der Waals surface area (Å²) in [6, 6.07) is 6.79. The summed E-state index contributed by atoms with van der Waals surface area (Å²) in [6.07, 6.45) is 7.53. The molecule has 0 spiro atoms. The third-order valence-corrected chi connectivity index (χ3v) is 4.38. The van der Waals surface area contributed by atoms with Crippen LogP contribution < -0.4 is 5.32 Å². The maximum absolute atomic E-state index is 6.14. The smallest absolute Gasteiger partial charge is 0.134 e. The van der Waals surface area contributed by atoms with E-state index in [1.165, 1.54) is 60.8 Å². The van der Waals surface area contributed by atoms with Crippen molar-refractivity contribution in [2.75, 3.05) is 6.54 Å². The van der Waals surface area contributed by atoms with E-state index >= 15 is 0 Å². The Morgan fingerprint density at radius 3 is 2.76 bits per heavy atom. The van der Waals surface area contributed by atoms with Crippen molar-refractivity contribution in [1.29, 1.82) is 0 Å². The number of rotatable bonds is 8. The quantitative estimate of drug-likeness (QED) is 0.678. The van der Waals surface area contributed by atoms with Crippen molar-refractivity contribution in [1.82, 2.24) is 5.32 Å². The van der Waals surface area contributed by atoms with Crippen molar-refractivity contribution in [3.05, 3.63) is 35.1 Å². The Balaban J connectivity index is 1.90. The Labute approximate surface area is 127 Å². The average Bonchev–Trinajstić information content (AvgIpc) is 3.26. The van der Waals surface area contributed by atoms with Gasteiger partial charge in [-0.25, -0.2) is 0 Å². The van der Waals surface area contributed by atoms with Crippen molar-refractivity contribution in [3.63, 3.8) is 0 Å². The van der Waals surface area contributed by atoms with Crippen LogP contribution in [0.3, 0.4) is 0 Å². The van der Waals surface area contributed by atoms with Crippen LogP contribution in [-0.2, 0) is 13.0 Å². The first-order chi connectivity index (χ1) is 10.3. The average molecular weight is 285 g/mol.